The van der Waals surface area contributed by atoms with Crippen molar-refractivity contribution in [2.24, 2.45) is 7.05 Å². The average molecular weight is 1370 g/mol. The van der Waals surface area contributed by atoms with Crippen LogP contribution in [0.15, 0.2) is 58.6 Å². The molecule has 0 aliphatic carbocycles. The number of imidazole rings is 1. The third-order valence-electron chi connectivity index (χ3n) is 14.8. The molecule has 1 fully saturated rings. The van der Waals surface area contributed by atoms with Gasteiger partial charge in [-0.2, -0.15) is 4.72 Å². The highest BCUT2D eigenvalue weighted by Crippen LogP contribution is 2.33. The van der Waals surface area contributed by atoms with Crippen LogP contribution in [0.1, 0.15) is 59.7 Å². The zero-order valence-electron chi connectivity index (χ0n) is 53.5. The van der Waals surface area contributed by atoms with Crippen molar-refractivity contribution in [1.82, 2.24) is 60.1 Å². The van der Waals surface area contributed by atoms with Gasteiger partial charge < -0.3 is 89.0 Å². The minimum absolute atomic E-state index is 0.0983. The molecule has 94 heavy (non-hydrogen) atoms. The summed E-state index contributed by atoms with van der Waals surface area (Å²) >= 11 is 0. The number of likely N-dealkylation sites (N-methyl/N-ethyl adjacent to an activating group) is 1. The lowest BCUT2D eigenvalue weighted by atomic mass is 10.1. The first kappa shape index (κ1) is 77.3. The van der Waals surface area contributed by atoms with E-state index >= 15 is 0 Å². The van der Waals surface area contributed by atoms with Crippen molar-refractivity contribution >= 4 is 79.3 Å². The number of anilines is 1. The van der Waals surface area contributed by atoms with Crippen molar-refractivity contribution in [3.8, 4) is 5.75 Å². The van der Waals surface area contributed by atoms with Crippen LogP contribution < -0.4 is 41.5 Å². The maximum absolute atomic E-state index is 13.6. The number of aliphatic carboxylic acids is 3. The van der Waals surface area contributed by atoms with E-state index in [1.807, 2.05) is 6.92 Å². The van der Waals surface area contributed by atoms with Crippen LogP contribution in [-0.2, 0) is 66.6 Å². The molecule has 0 unspecified atom stereocenters. The molecule has 2 aromatic carbocycles. The zero-order chi connectivity index (χ0) is 68.8. The number of sulfonamides is 1. The highest BCUT2D eigenvalue weighted by Gasteiger charge is 2.31. The molecule has 1 aliphatic heterocycles. The fraction of sp³-hybridized carbons (Fsp3) is 0.576. The SMILES string of the molecule is CCN1CCN(CC(=O)O)CCN(CC(=O)O)CCN(CC(=O)N[C@H](CS(O)(O)O)C(=O)NCCCOCCOCCOCCCNC(=O)CCCOc2cc(C)c(S(=O)(=O)N[C@@H](CNC(=O)c3cn(C)c4cc(CNc5ncc[nH]5)ccc4c3=O)C(=O)O)c(C)c2)CC1. The number of carbonyl (C=O) groups is 7. The number of benzene rings is 2. The number of ether oxygens (including phenoxy) is 4. The van der Waals surface area contributed by atoms with E-state index in [1.54, 1.807) is 56.9 Å². The van der Waals surface area contributed by atoms with Gasteiger partial charge in [0.15, 0.2) is 5.95 Å². The molecule has 2 atom stereocenters. The van der Waals surface area contributed by atoms with Crippen LogP contribution in [0.3, 0.4) is 0 Å². The van der Waals surface area contributed by atoms with Gasteiger partial charge >= 0.3 is 17.9 Å². The number of pyridine rings is 1. The molecular formula is C59H91N13O20S2. The molecule has 3 heterocycles. The minimum atomic E-state index is -4.48. The molecule has 0 saturated carbocycles. The van der Waals surface area contributed by atoms with Crippen LogP contribution in [0, 0.1) is 13.8 Å². The number of amides is 4. The molecule has 1 aliphatic rings. The molecular weight excluding hydrogens is 1270 g/mol. The van der Waals surface area contributed by atoms with Crippen molar-refractivity contribution < 1.29 is 89.9 Å². The zero-order valence-corrected chi connectivity index (χ0v) is 55.1. The second kappa shape index (κ2) is 39.5. The third-order valence-corrected chi connectivity index (χ3v) is 17.4. The van der Waals surface area contributed by atoms with Gasteiger partial charge in [0.05, 0.1) is 79.7 Å². The number of H-pyrrole nitrogens is 1. The monoisotopic (exact) mass is 1370 g/mol. The fourth-order valence-electron chi connectivity index (χ4n) is 10.0. The van der Waals surface area contributed by atoms with Gasteiger partial charge in [-0.15, -0.1) is 0 Å². The number of fused-ring (bicyclic) bond motifs is 1. The van der Waals surface area contributed by atoms with Crippen molar-refractivity contribution in [3.05, 3.63) is 81.4 Å². The van der Waals surface area contributed by atoms with Crippen molar-refractivity contribution in [2.45, 2.75) is 70.0 Å². The lowest BCUT2D eigenvalue weighted by molar-refractivity contribution is -0.140. The van der Waals surface area contributed by atoms with E-state index in [4.69, 9.17) is 18.9 Å². The van der Waals surface area contributed by atoms with Crippen LogP contribution >= 0.6 is 10.9 Å². The van der Waals surface area contributed by atoms with E-state index in [0.717, 1.165) is 5.56 Å². The van der Waals surface area contributed by atoms with E-state index in [0.29, 0.717) is 102 Å². The normalized spacial score (nSPS) is 15.1. The van der Waals surface area contributed by atoms with Crippen LogP contribution in [0.25, 0.3) is 10.9 Å². The Morgan fingerprint density at radius 3 is 1.80 bits per heavy atom. The molecule has 5 rings (SSSR count). The van der Waals surface area contributed by atoms with E-state index in [9.17, 15) is 75.8 Å². The molecule has 1 saturated heterocycles. The number of nitrogens with zero attached hydrogens (tertiary/aromatic N) is 6. The Balaban J connectivity index is 0.907. The molecule has 2 aromatic heterocycles. The quantitative estimate of drug-likeness (QED) is 0.0261. The van der Waals surface area contributed by atoms with E-state index in [-0.39, 0.29) is 118 Å². The lowest BCUT2D eigenvalue weighted by Crippen LogP contribution is -2.53. The average Bonchev–Trinajstić information content (AvgIpc) is 0.805. The third kappa shape index (κ3) is 27.9. The highest BCUT2D eigenvalue weighted by atomic mass is 32.3. The molecule has 13 N–H and O–H groups in total. The van der Waals surface area contributed by atoms with Gasteiger partial charge in [0.25, 0.3) is 5.91 Å². The number of carboxylic acid groups (broad SMARTS) is 3. The first-order valence-electron chi connectivity index (χ1n) is 30.7. The number of carbonyl (C=O) groups excluding carboxylic acids is 4. The number of carboxylic acids is 3. The van der Waals surface area contributed by atoms with Crippen LogP contribution in [0.4, 0.5) is 5.95 Å². The van der Waals surface area contributed by atoms with Crippen LogP contribution in [0.2, 0.25) is 0 Å². The predicted molar refractivity (Wildman–Crippen MR) is 347 cm³/mol. The number of hydrogen-bond acceptors (Lipinski definition) is 23. The maximum atomic E-state index is 13.6. The predicted octanol–water partition coefficient (Wildman–Crippen LogP) is -0.00746. The van der Waals surface area contributed by atoms with Gasteiger partial charge in [0.1, 0.15) is 23.4 Å². The maximum Gasteiger partial charge on any atom is 0.323 e. The summed E-state index contributed by atoms with van der Waals surface area (Å²) in [6.07, 6.45) is 5.99. The summed E-state index contributed by atoms with van der Waals surface area (Å²) in [5.74, 6) is -6.07. The summed E-state index contributed by atoms with van der Waals surface area (Å²) in [6, 6.07) is 4.76. The van der Waals surface area contributed by atoms with Gasteiger partial charge in [-0.25, -0.2) is 13.4 Å². The van der Waals surface area contributed by atoms with Crippen LogP contribution in [-0.4, -0.2) is 275 Å². The van der Waals surface area contributed by atoms with E-state index in [2.05, 4.69) is 46.2 Å². The molecule has 0 bridgehead atoms. The van der Waals surface area contributed by atoms with E-state index in [1.165, 1.54) is 32.2 Å². The molecule has 4 amide bonds. The summed E-state index contributed by atoms with van der Waals surface area (Å²) in [5, 5.41) is 42.6. The Kier molecular flexibility index (Phi) is 32.5. The fourth-order valence-corrected chi connectivity index (χ4v) is 12.4. The standard InChI is InChI=1S/C59H91N13O20S2/c1-5-69-16-18-70(20-21-72(39-53(77)78)23-22-71(19-17-69)38-52(75)76)37-51(74)66-48(40-93(84,85)86)57(81)61-13-8-25-90-28-30-91-29-27-89-24-7-12-60-50(73)9-6-26-92-44-31-41(2)55(42(3)32-44)94(87,88)67-47(58(82)83)35-64-56(80)46-36-68(4)49-33-43(10-11-45(49)54(46)79)34-65-59-62-14-15-63-59/h10-11,14-15,31-33,36,47-48,67,84-86H,5-9,12-13,16-30,34-35,37-40H2,1-4H3,(H,60,73)(H,61,81)(H,64,80)(H,66,74)(H,75,76)(H,77,78)(H,82,83)(H2,62,63,65)/t47-,48+/m0/s1. The van der Waals surface area contributed by atoms with Gasteiger partial charge in [-0.3, -0.25) is 53.1 Å². The summed E-state index contributed by atoms with van der Waals surface area (Å²) in [6.45, 7) is 9.87. The Morgan fingerprint density at radius 2 is 1.26 bits per heavy atom. The summed E-state index contributed by atoms with van der Waals surface area (Å²) in [5.41, 5.74) is 1.03. The van der Waals surface area contributed by atoms with Gasteiger partial charge in [-0.1, -0.05) is 13.0 Å². The smallest absolute Gasteiger partial charge is 0.323 e. The van der Waals surface area contributed by atoms with Crippen molar-refractivity contribution in [3.63, 3.8) is 0 Å². The molecule has 0 radical (unpaired) electrons. The number of nitrogens with one attached hydrogen (secondary N) is 7. The largest absolute Gasteiger partial charge is 0.494 e. The molecule has 35 heteroatoms. The topological polar surface area (TPSA) is 448 Å². The van der Waals surface area contributed by atoms with Crippen molar-refractivity contribution in [2.75, 3.05) is 155 Å². The second-order valence-electron chi connectivity index (χ2n) is 22.3. The number of rotatable bonds is 40. The van der Waals surface area contributed by atoms with E-state index < -0.39 is 86.3 Å². The molecule has 0 spiro atoms. The van der Waals surface area contributed by atoms with Gasteiger partial charge in [-0.05, 0) is 80.6 Å². The minimum Gasteiger partial charge on any atom is -0.494 e. The Morgan fingerprint density at radius 1 is 0.691 bits per heavy atom. The lowest BCUT2D eigenvalue weighted by Gasteiger charge is -2.33. The first-order valence-corrected chi connectivity index (χ1v) is 33.9. The Bertz CT molecular complexity index is 3280. The highest BCUT2D eigenvalue weighted by molar-refractivity contribution is 8.19. The molecule has 4 aromatic rings. The van der Waals surface area contributed by atoms with Crippen molar-refractivity contribution in [1.29, 1.82) is 0 Å². The first-order chi connectivity index (χ1) is 44.7. The number of hydrogen-bond donors (Lipinski definition) is 13. The number of aryl methyl sites for hydroxylation is 3. The number of aromatic amines is 1. The summed E-state index contributed by atoms with van der Waals surface area (Å²) < 4.78 is 83.0. The Labute approximate surface area is 546 Å². The van der Waals surface area contributed by atoms with Gasteiger partial charge in [0.2, 0.25) is 33.2 Å². The summed E-state index contributed by atoms with van der Waals surface area (Å²) in [4.78, 5) is 115. The molecule has 33 nitrogen and oxygen atoms in total. The number of aromatic nitrogens is 3. The molecule has 524 valence electrons. The summed E-state index contributed by atoms with van der Waals surface area (Å²) in [7, 11) is -7.03. The van der Waals surface area contributed by atoms with Crippen LogP contribution in [0.5, 0.6) is 5.75 Å². The van der Waals surface area contributed by atoms with Gasteiger partial charge in [0, 0.05) is 129 Å². The second-order valence-corrected chi connectivity index (χ2v) is 25.6. The Hall–Kier alpha value is -7.39.